The van der Waals surface area contributed by atoms with Crippen LogP contribution in [-0.2, 0) is 0 Å². The Morgan fingerprint density at radius 3 is 2.42 bits per heavy atom. The van der Waals surface area contributed by atoms with Crippen LogP contribution in [0.2, 0.25) is 0 Å². The third kappa shape index (κ3) is 1.83. The first-order chi connectivity index (χ1) is 9.34. The molecule has 0 amide bonds. The van der Waals surface area contributed by atoms with Gasteiger partial charge in [0.1, 0.15) is 13.2 Å². The van der Waals surface area contributed by atoms with Crippen LogP contribution in [0.15, 0.2) is 18.2 Å². The molecule has 1 aromatic rings. The zero-order chi connectivity index (χ0) is 12.8. The van der Waals surface area contributed by atoms with Gasteiger partial charge in [0, 0.05) is 11.5 Å². The van der Waals surface area contributed by atoms with Crippen molar-refractivity contribution in [1.82, 2.24) is 0 Å². The van der Waals surface area contributed by atoms with E-state index in [-0.39, 0.29) is 5.92 Å². The quantitative estimate of drug-likeness (QED) is 0.765. The van der Waals surface area contributed by atoms with E-state index in [1.807, 2.05) is 18.2 Å². The number of carbonyl (C=O) groups excluding carboxylic acids is 1. The fourth-order valence-corrected chi connectivity index (χ4v) is 3.77. The third-order valence-corrected chi connectivity index (χ3v) is 4.79. The molecular formula is C16H18O3. The number of hydrogen-bond donors (Lipinski definition) is 0. The van der Waals surface area contributed by atoms with Gasteiger partial charge in [-0.05, 0) is 42.9 Å². The van der Waals surface area contributed by atoms with E-state index >= 15 is 0 Å². The van der Waals surface area contributed by atoms with Crippen LogP contribution in [-0.4, -0.2) is 19.0 Å². The van der Waals surface area contributed by atoms with Gasteiger partial charge in [0.05, 0.1) is 0 Å². The Morgan fingerprint density at radius 1 is 1.00 bits per heavy atom. The molecule has 0 bridgehead atoms. The minimum Gasteiger partial charge on any atom is -0.486 e. The number of hydrogen-bond acceptors (Lipinski definition) is 3. The maximum absolute atomic E-state index is 12.6. The maximum atomic E-state index is 12.6. The molecule has 3 nitrogen and oxygen atoms in total. The minimum absolute atomic E-state index is 0.282. The zero-order valence-electron chi connectivity index (χ0n) is 10.9. The van der Waals surface area contributed by atoms with Gasteiger partial charge in [-0.1, -0.05) is 12.8 Å². The molecule has 1 aromatic carbocycles. The Hall–Kier alpha value is -1.51. The van der Waals surface area contributed by atoms with E-state index in [0.29, 0.717) is 30.8 Å². The van der Waals surface area contributed by atoms with Crippen molar-refractivity contribution in [3.05, 3.63) is 23.8 Å². The number of Topliss-reactive ketones (excluding diaryl/α,β-unsaturated/α-hetero) is 1. The van der Waals surface area contributed by atoms with Crippen molar-refractivity contribution in [3.8, 4) is 11.5 Å². The summed E-state index contributed by atoms with van der Waals surface area (Å²) in [6, 6.07) is 5.62. The van der Waals surface area contributed by atoms with Crippen LogP contribution >= 0.6 is 0 Å². The largest absolute Gasteiger partial charge is 0.486 e. The lowest BCUT2D eigenvalue weighted by Gasteiger charge is -2.18. The van der Waals surface area contributed by atoms with Crippen LogP contribution in [0, 0.1) is 17.8 Å². The first-order valence-electron chi connectivity index (χ1n) is 7.28. The van der Waals surface area contributed by atoms with Crippen molar-refractivity contribution in [2.24, 2.45) is 17.8 Å². The Labute approximate surface area is 112 Å². The molecule has 2 atom stereocenters. The first kappa shape index (κ1) is 11.3. The average molecular weight is 258 g/mol. The maximum Gasteiger partial charge on any atom is 0.166 e. The van der Waals surface area contributed by atoms with Crippen molar-refractivity contribution >= 4 is 5.78 Å². The second-order valence-corrected chi connectivity index (χ2v) is 5.86. The molecule has 2 aliphatic carbocycles. The molecule has 0 aromatic heterocycles. The van der Waals surface area contributed by atoms with Gasteiger partial charge in [-0.2, -0.15) is 0 Å². The van der Waals surface area contributed by atoms with Crippen LogP contribution in [0.1, 0.15) is 36.0 Å². The summed E-state index contributed by atoms with van der Waals surface area (Å²) in [6.45, 7) is 1.16. The Bertz CT molecular complexity index is 511. The Kier molecular flexibility index (Phi) is 2.54. The highest BCUT2D eigenvalue weighted by atomic mass is 16.6. The molecule has 0 N–H and O–H groups in total. The highest BCUT2D eigenvalue weighted by Crippen LogP contribution is 2.56. The predicted octanol–water partition coefficient (Wildman–Crippen LogP) is 3.08. The van der Waals surface area contributed by atoms with E-state index in [4.69, 9.17) is 9.47 Å². The number of ketones is 1. The summed E-state index contributed by atoms with van der Waals surface area (Å²) >= 11 is 0. The lowest BCUT2D eigenvalue weighted by atomic mass is 10.0. The summed E-state index contributed by atoms with van der Waals surface area (Å²) in [5.41, 5.74) is 0.795. The highest BCUT2D eigenvalue weighted by molar-refractivity contribution is 6.00. The van der Waals surface area contributed by atoms with E-state index in [2.05, 4.69) is 0 Å². The lowest BCUT2D eigenvalue weighted by Crippen LogP contribution is -2.16. The van der Waals surface area contributed by atoms with E-state index in [1.165, 1.54) is 25.7 Å². The Balaban J connectivity index is 1.57. The summed E-state index contributed by atoms with van der Waals surface area (Å²) in [4.78, 5) is 12.6. The second kappa shape index (κ2) is 4.26. The molecule has 3 aliphatic rings. The van der Waals surface area contributed by atoms with Crippen LogP contribution in [0.25, 0.3) is 0 Å². The number of benzene rings is 1. The molecule has 0 saturated heterocycles. The van der Waals surface area contributed by atoms with Gasteiger partial charge in [-0.15, -0.1) is 0 Å². The van der Waals surface area contributed by atoms with Crippen LogP contribution in [0.5, 0.6) is 11.5 Å². The monoisotopic (exact) mass is 258 g/mol. The molecule has 1 aliphatic heterocycles. The van der Waals surface area contributed by atoms with Gasteiger partial charge in [0.2, 0.25) is 0 Å². The summed E-state index contributed by atoms with van der Waals surface area (Å²) < 4.78 is 11.0. The topological polar surface area (TPSA) is 35.5 Å². The number of fused-ring (bicyclic) bond motifs is 2. The minimum atomic E-state index is 0.282. The van der Waals surface area contributed by atoms with Gasteiger partial charge >= 0.3 is 0 Å². The third-order valence-electron chi connectivity index (χ3n) is 4.79. The molecule has 0 radical (unpaired) electrons. The van der Waals surface area contributed by atoms with Crippen molar-refractivity contribution in [1.29, 1.82) is 0 Å². The molecular weight excluding hydrogens is 240 g/mol. The van der Waals surface area contributed by atoms with Crippen LogP contribution in [0.3, 0.4) is 0 Å². The molecule has 2 unspecified atom stereocenters. The SMILES string of the molecule is O=C(c1ccc2c(c1)OCCO2)C1C2CCCCC21. The van der Waals surface area contributed by atoms with Gasteiger partial charge < -0.3 is 9.47 Å². The normalized spacial score (nSPS) is 31.5. The first-order valence-corrected chi connectivity index (χ1v) is 7.28. The van der Waals surface area contributed by atoms with E-state index < -0.39 is 0 Å². The molecule has 19 heavy (non-hydrogen) atoms. The predicted molar refractivity (Wildman–Crippen MR) is 70.7 cm³/mol. The lowest BCUT2D eigenvalue weighted by molar-refractivity contribution is 0.0955. The van der Waals surface area contributed by atoms with E-state index in [9.17, 15) is 4.79 Å². The molecule has 1 heterocycles. The molecule has 2 saturated carbocycles. The van der Waals surface area contributed by atoms with Gasteiger partial charge in [0.25, 0.3) is 0 Å². The van der Waals surface area contributed by atoms with Gasteiger partial charge in [0.15, 0.2) is 17.3 Å². The fraction of sp³-hybridized carbons (Fsp3) is 0.562. The zero-order valence-corrected chi connectivity index (χ0v) is 10.9. The average Bonchev–Trinajstić information content (AvgIpc) is 3.20. The standard InChI is InChI=1S/C16H18O3/c17-16(15-11-3-1-2-4-12(11)15)10-5-6-13-14(9-10)19-8-7-18-13/h5-6,9,11-12,15H,1-4,7-8H2. The molecule has 100 valence electrons. The van der Waals surface area contributed by atoms with Crippen LogP contribution in [0.4, 0.5) is 0 Å². The number of rotatable bonds is 2. The van der Waals surface area contributed by atoms with Gasteiger partial charge in [-0.25, -0.2) is 0 Å². The summed E-state index contributed by atoms with van der Waals surface area (Å²) in [6.07, 6.45) is 5.08. The van der Waals surface area contributed by atoms with Crippen molar-refractivity contribution in [3.63, 3.8) is 0 Å². The molecule has 3 heteroatoms. The van der Waals surface area contributed by atoms with Crippen molar-refractivity contribution in [2.45, 2.75) is 25.7 Å². The van der Waals surface area contributed by atoms with Crippen molar-refractivity contribution in [2.75, 3.05) is 13.2 Å². The highest BCUT2D eigenvalue weighted by Gasteiger charge is 2.54. The van der Waals surface area contributed by atoms with E-state index in [1.54, 1.807) is 0 Å². The van der Waals surface area contributed by atoms with Crippen molar-refractivity contribution < 1.29 is 14.3 Å². The number of carbonyl (C=O) groups is 1. The fourth-order valence-electron chi connectivity index (χ4n) is 3.77. The van der Waals surface area contributed by atoms with Crippen LogP contribution < -0.4 is 9.47 Å². The second-order valence-electron chi connectivity index (χ2n) is 5.86. The summed E-state index contributed by atoms with van der Waals surface area (Å²) in [5, 5.41) is 0. The number of ether oxygens (including phenoxy) is 2. The Morgan fingerprint density at radius 2 is 1.68 bits per heavy atom. The molecule has 2 fully saturated rings. The smallest absolute Gasteiger partial charge is 0.166 e. The summed E-state index contributed by atoms with van der Waals surface area (Å²) in [7, 11) is 0. The van der Waals surface area contributed by atoms with Gasteiger partial charge in [-0.3, -0.25) is 4.79 Å². The summed E-state index contributed by atoms with van der Waals surface area (Å²) in [5.74, 6) is 3.40. The van der Waals surface area contributed by atoms with E-state index in [0.717, 1.165) is 17.1 Å². The molecule has 4 rings (SSSR count). The molecule has 0 spiro atoms.